The fraction of sp³-hybridized carbons (Fsp3) is 0. The average Bonchev–Trinajstić information content (AvgIpc) is 2.65. The molecule has 0 aliphatic carbocycles. The van der Waals surface area contributed by atoms with Crippen LogP contribution in [0.5, 0.6) is 0 Å². The molecule has 3 rings (SSSR count). The third-order valence-corrected chi connectivity index (χ3v) is 5.39. The fourth-order valence-corrected chi connectivity index (χ4v) is 3.54. The normalized spacial score (nSPS) is 11.1. The summed E-state index contributed by atoms with van der Waals surface area (Å²) in [5, 5.41) is 1.93. The van der Waals surface area contributed by atoms with Crippen LogP contribution in [0.15, 0.2) is 71.6 Å². The summed E-state index contributed by atoms with van der Waals surface area (Å²) in [5.41, 5.74) is 0.0860. The number of sulfonamides is 1. The van der Waals surface area contributed by atoms with Gasteiger partial charge in [0, 0.05) is 11.4 Å². The van der Waals surface area contributed by atoms with Crippen LogP contribution >= 0.6 is 11.6 Å². The maximum Gasteiger partial charge on any atom is 0.261 e. The molecule has 0 saturated carbocycles. The number of hydrogen-bond acceptors (Lipinski definition) is 3. The van der Waals surface area contributed by atoms with Crippen LogP contribution in [0.2, 0.25) is 5.02 Å². The number of benzene rings is 3. The largest absolute Gasteiger partial charge is 0.322 e. The number of hydrogen-bond donors (Lipinski definition) is 2. The Morgan fingerprint density at radius 3 is 2.14 bits per heavy atom. The Morgan fingerprint density at radius 1 is 0.857 bits per heavy atom. The predicted octanol–water partition coefficient (Wildman–Crippen LogP) is 4.67. The lowest BCUT2D eigenvalue weighted by Gasteiger charge is -2.10. The molecule has 0 fully saturated rings. The lowest BCUT2D eigenvalue weighted by molar-refractivity contribution is 0.102. The molecule has 0 aliphatic rings. The van der Waals surface area contributed by atoms with Gasteiger partial charge >= 0.3 is 0 Å². The van der Waals surface area contributed by atoms with E-state index in [1.54, 1.807) is 30.3 Å². The van der Waals surface area contributed by atoms with Gasteiger partial charge in [-0.15, -0.1) is 0 Å². The zero-order chi connectivity index (χ0) is 20.3. The topological polar surface area (TPSA) is 75.3 Å². The Kier molecular flexibility index (Phi) is 5.62. The summed E-state index contributed by atoms with van der Waals surface area (Å²) in [4.78, 5) is 12.1. The van der Waals surface area contributed by atoms with Crippen molar-refractivity contribution >= 4 is 38.9 Å². The van der Waals surface area contributed by atoms with Gasteiger partial charge in [0.15, 0.2) is 0 Å². The predicted molar refractivity (Wildman–Crippen MR) is 103 cm³/mol. The van der Waals surface area contributed by atoms with E-state index in [-0.39, 0.29) is 10.6 Å². The minimum Gasteiger partial charge on any atom is -0.322 e. The molecule has 0 aromatic heterocycles. The lowest BCUT2D eigenvalue weighted by Crippen LogP contribution is -2.15. The minimum atomic E-state index is -3.81. The SMILES string of the molecule is O=C(Nc1ccc(S(=O)(=O)Nc2ccccc2)cc1)c1cc(F)c(Cl)cc1F. The maximum atomic E-state index is 13.8. The van der Waals surface area contributed by atoms with Crippen molar-refractivity contribution in [3.63, 3.8) is 0 Å². The molecule has 0 spiro atoms. The van der Waals surface area contributed by atoms with E-state index < -0.39 is 38.2 Å². The van der Waals surface area contributed by atoms with E-state index >= 15 is 0 Å². The molecule has 0 heterocycles. The van der Waals surface area contributed by atoms with E-state index in [0.29, 0.717) is 17.8 Å². The molecular formula is C19H13ClF2N2O3S. The Balaban J connectivity index is 1.76. The van der Waals surface area contributed by atoms with E-state index in [9.17, 15) is 22.0 Å². The van der Waals surface area contributed by atoms with E-state index in [1.165, 1.54) is 24.3 Å². The Hall–Kier alpha value is -2.97. The van der Waals surface area contributed by atoms with E-state index in [4.69, 9.17) is 11.6 Å². The van der Waals surface area contributed by atoms with Gasteiger partial charge in [0.05, 0.1) is 15.5 Å². The molecular weight excluding hydrogens is 410 g/mol. The summed E-state index contributed by atoms with van der Waals surface area (Å²) in [7, 11) is -3.81. The molecule has 5 nitrogen and oxygen atoms in total. The quantitative estimate of drug-likeness (QED) is 0.586. The first-order valence-electron chi connectivity index (χ1n) is 7.90. The van der Waals surface area contributed by atoms with Crippen molar-refractivity contribution in [3.8, 4) is 0 Å². The van der Waals surface area contributed by atoms with Crippen molar-refractivity contribution in [2.24, 2.45) is 0 Å². The summed E-state index contributed by atoms with van der Waals surface area (Å²) in [6.45, 7) is 0. The molecule has 144 valence electrons. The first-order chi connectivity index (χ1) is 13.3. The van der Waals surface area contributed by atoms with Gasteiger partial charge in [0.25, 0.3) is 15.9 Å². The van der Waals surface area contributed by atoms with Gasteiger partial charge in [-0.05, 0) is 48.5 Å². The van der Waals surface area contributed by atoms with Crippen molar-refractivity contribution in [2.75, 3.05) is 10.0 Å². The fourth-order valence-electron chi connectivity index (χ4n) is 2.33. The molecule has 0 atom stereocenters. The minimum absolute atomic E-state index is 0.0296. The third-order valence-electron chi connectivity index (χ3n) is 3.70. The van der Waals surface area contributed by atoms with Crippen LogP contribution in [-0.2, 0) is 10.0 Å². The van der Waals surface area contributed by atoms with Gasteiger partial charge in [-0.1, -0.05) is 29.8 Å². The first-order valence-corrected chi connectivity index (χ1v) is 9.76. The Labute approximate surface area is 165 Å². The van der Waals surface area contributed by atoms with E-state index in [1.807, 2.05) is 0 Å². The molecule has 3 aromatic carbocycles. The van der Waals surface area contributed by atoms with Crippen molar-refractivity contribution < 1.29 is 22.0 Å². The number of carbonyl (C=O) groups is 1. The lowest BCUT2D eigenvalue weighted by atomic mass is 10.2. The molecule has 9 heteroatoms. The molecule has 0 bridgehead atoms. The van der Waals surface area contributed by atoms with Crippen LogP contribution in [-0.4, -0.2) is 14.3 Å². The van der Waals surface area contributed by atoms with Gasteiger partial charge < -0.3 is 5.32 Å². The van der Waals surface area contributed by atoms with Crippen molar-refractivity contribution in [1.29, 1.82) is 0 Å². The second-order valence-electron chi connectivity index (χ2n) is 5.70. The Bertz CT molecular complexity index is 1120. The highest BCUT2D eigenvalue weighted by Gasteiger charge is 2.17. The number of anilines is 2. The molecule has 2 N–H and O–H groups in total. The summed E-state index contributed by atoms with van der Waals surface area (Å²) in [6, 6.07) is 15.0. The summed E-state index contributed by atoms with van der Waals surface area (Å²) < 4.78 is 54.4. The van der Waals surface area contributed by atoms with Gasteiger partial charge in [0.2, 0.25) is 0 Å². The summed E-state index contributed by atoms with van der Waals surface area (Å²) in [5.74, 6) is -2.80. The third kappa shape index (κ3) is 4.47. The zero-order valence-electron chi connectivity index (χ0n) is 14.1. The zero-order valence-corrected chi connectivity index (χ0v) is 15.7. The number of nitrogens with one attached hydrogen (secondary N) is 2. The molecule has 0 aliphatic heterocycles. The number of para-hydroxylation sites is 1. The van der Waals surface area contributed by atoms with Crippen LogP contribution in [0.1, 0.15) is 10.4 Å². The van der Waals surface area contributed by atoms with Crippen LogP contribution in [0.3, 0.4) is 0 Å². The van der Waals surface area contributed by atoms with Gasteiger partial charge in [-0.25, -0.2) is 17.2 Å². The summed E-state index contributed by atoms with van der Waals surface area (Å²) in [6.07, 6.45) is 0. The van der Waals surface area contributed by atoms with Crippen molar-refractivity contribution in [1.82, 2.24) is 0 Å². The number of carbonyl (C=O) groups excluding carboxylic acids is 1. The monoisotopic (exact) mass is 422 g/mol. The molecule has 0 unspecified atom stereocenters. The van der Waals surface area contributed by atoms with Crippen LogP contribution in [0, 0.1) is 11.6 Å². The smallest absolute Gasteiger partial charge is 0.261 e. The summed E-state index contributed by atoms with van der Waals surface area (Å²) >= 11 is 5.46. The second kappa shape index (κ2) is 7.95. The van der Waals surface area contributed by atoms with E-state index in [0.717, 1.165) is 0 Å². The molecule has 28 heavy (non-hydrogen) atoms. The molecule has 0 saturated heterocycles. The van der Waals surface area contributed by atoms with Crippen LogP contribution in [0.25, 0.3) is 0 Å². The highest BCUT2D eigenvalue weighted by molar-refractivity contribution is 7.92. The molecule has 3 aromatic rings. The molecule has 0 radical (unpaired) electrons. The first kappa shape index (κ1) is 19.8. The van der Waals surface area contributed by atoms with Crippen molar-refractivity contribution in [2.45, 2.75) is 4.90 Å². The van der Waals surface area contributed by atoms with Gasteiger partial charge in [0.1, 0.15) is 11.6 Å². The molecule has 1 amide bonds. The number of amides is 1. The van der Waals surface area contributed by atoms with E-state index in [2.05, 4.69) is 10.0 Å². The van der Waals surface area contributed by atoms with Crippen LogP contribution < -0.4 is 10.0 Å². The standard InChI is InChI=1S/C19H13ClF2N2O3S/c20-16-11-17(21)15(10-18(16)22)19(25)23-12-6-8-14(9-7-12)28(26,27)24-13-4-2-1-3-5-13/h1-11,24H,(H,23,25). The van der Waals surface area contributed by atoms with Crippen molar-refractivity contribution in [3.05, 3.63) is 89.0 Å². The highest BCUT2D eigenvalue weighted by atomic mass is 35.5. The van der Waals surface area contributed by atoms with Crippen LogP contribution in [0.4, 0.5) is 20.2 Å². The number of halogens is 3. The van der Waals surface area contributed by atoms with Gasteiger partial charge in [-0.2, -0.15) is 0 Å². The van der Waals surface area contributed by atoms with Gasteiger partial charge in [-0.3, -0.25) is 9.52 Å². The average molecular weight is 423 g/mol. The highest BCUT2D eigenvalue weighted by Crippen LogP contribution is 2.22. The number of rotatable bonds is 5. The maximum absolute atomic E-state index is 13.8. The Morgan fingerprint density at radius 2 is 1.50 bits per heavy atom. The second-order valence-corrected chi connectivity index (χ2v) is 7.79.